The van der Waals surface area contributed by atoms with Crippen LogP contribution in [-0.4, -0.2) is 4.92 Å². The molecule has 20 heavy (non-hydrogen) atoms. The van der Waals surface area contributed by atoms with Gasteiger partial charge in [-0.05, 0) is 52.7 Å². The predicted octanol–water partition coefficient (Wildman–Crippen LogP) is 4.13. The first-order chi connectivity index (χ1) is 9.40. The van der Waals surface area contributed by atoms with Crippen molar-refractivity contribution in [3.05, 3.63) is 56.3 Å². The van der Waals surface area contributed by atoms with Crippen molar-refractivity contribution in [3.8, 4) is 0 Å². The second kappa shape index (κ2) is 5.46. The number of aryl methyl sites for hydroxylation is 1. The fourth-order valence-electron chi connectivity index (χ4n) is 1.79. The van der Waals surface area contributed by atoms with Crippen LogP contribution in [-0.2, 0) is 0 Å². The SMILES string of the molecule is Cc1cc(Br)c(F)cc1Nc1cccc(N)c1[N+](=O)[O-]. The van der Waals surface area contributed by atoms with Crippen molar-refractivity contribution in [2.45, 2.75) is 6.92 Å². The van der Waals surface area contributed by atoms with Gasteiger partial charge in [-0.2, -0.15) is 0 Å². The lowest BCUT2D eigenvalue weighted by atomic mass is 10.1. The Kier molecular flexibility index (Phi) is 3.89. The molecule has 0 bridgehead atoms. The van der Waals surface area contributed by atoms with E-state index in [4.69, 9.17) is 5.73 Å². The molecule has 0 heterocycles. The third-order valence-electron chi connectivity index (χ3n) is 2.79. The molecule has 0 amide bonds. The number of hydrogen-bond donors (Lipinski definition) is 2. The molecule has 2 rings (SSSR count). The van der Waals surface area contributed by atoms with Crippen molar-refractivity contribution in [1.29, 1.82) is 0 Å². The highest BCUT2D eigenvalue weighted by Gasteiger charge is 2.18. The Morgan fingerprint density at radius 1 is 1.35 bits per heavy atom. The number of nitro groups is 1. The molecule has 0 spiro atoms. The number of nitro benzene ring substituents is 1. The number of benzene rings is 2. The summed E-state index contributed by atoms with van der Waals surface area (Å²) in [4.78, 5) is 10.5. The largest absolute Gasteiger partial charge is 0.393 e. The third-order valence-corrected chi connectivity index (χ3v) is 3.39. The molecule has 0 saturated heterocycles. The topological polar surface area (TPSA) is 81.2 Å². The zero-order valence-corrected chi connectivity index (χ0v) is 12.1. The second-order valence-electron chi connectivity index (χ2n) is 4.21. The normalized spacial score (nSPS) is 10.3. The molecular formula is C13H11BrFN3O2. The molecule has 0 aliphatic heterocycles. The summed E-state index contributed by atoms with van der Waals surface area (Å²) in [5.41, 5.74) is 6.84. The maximum atomic E-state index is 13.6. The summed E-state index contributed by atoms with van der Waals surface area (Å²) in [5, 5.41) is 13.9. The maximum absolute atomic E-state index is 13.6. The predicted molar refractivity (Wildman–Crippen MR) is 79.6 cm³/mol. The van der Waals surface area contributed by atoms with Gasteiger partial charge in [0.15, 0.2) is 0 Å². The number of nitrogen functional groups attached to an aromatic ring is 1. The van der Waals surface area contributed by atoms with Crippen molar-refractivity contribution >= 4 is 38.7 Å². The summed E-state index contributed by atoms with van der Waals surface area (Å²) in [5.74, 6) is -0.454. The lowest BCUT2D eigenvalue weighted by Crippen LogP contribution is -2.02. The Hall–Kier alpha value is -2.15. The van der Waals surface area contributed by atoms with E-state index in [9.17, 15) is 14.5 Å². The van der Waals surface area contributed by atoms with Crippen LogP contribution in [0.5, 0.6) is 0 Å². The van der Waals surface area contributed by atoms with Crippen LogP contribution in [0, 0.1) is 22.9 Å². The molecule has 2 aromatic carbocycles. The molecule has 0 saturated carbocycles. The fourth-order valence-corrected chi connectivity index (χ4v) is 2.25. The Balaban J connectivity index is 2.48. The Labute approximate surface area is 122 Å². The van der Waals surface area contributed by atoms with Gasteiger partial charge in [0, 0.05) is 5.69 Å². The standard InChI is InChI=1S/C13H11BrFN3O2/c1-7-5-8(14)9(15)6-12(7)17-11-4-2-3-10(16)13(11)18(19)20/h2-6,17H,16H2,1H3. The van der Waals surface area contributed by atoms with E-state index >= 15 is 0 Å². The van der Waals surface area contributed by atoms with E-state index in [1.807, 2.05) is 0 Å². The summed E-state index contributed by atoms with van der Waals surface area (Å²) in [6, 6.07) is 7.42. The van der Waals surface area contributed by atoms with E-state index in [1.54, 1.807) is 19.1 Å². The summed E-state index contributed by atoms with van der Waals surface area (Å²) in [6.07, 6.45) is 0. The zero-order chi connectivity index (χ0) is 14.9. The molecule has 0 aliphatic carbocycles. The minimum Gasteiger partial charge on any atom is -0.393 e. The van der Waals surface area contributed by atoms with E-state index in [-0.39, 0.29) is 17.1 Å². The first-order valence-electron chi connectivity index (χ1n) is 5.65. The number of hydrogen-bond acceptors (Lipinski definition) is 4. The molecule has 5 nitrogen and oxygen atoms in total. The molecule has 0 aliphatic rings. The molecule has 7 heteroatoms. The van der Waals surface area contributed by atoms with Gasteiger partial charge >= 0.3 is 5.69 Å². The molecule has 0 aromatic heterocycles. The van der Waals surface area contributed by atoms with Crippen molar-refractivity contribution in [2.75, 3.05) is 11.1 Å². The molecule has 3 N–H and O–H groups in total. The number of anilines is 3. The van der Waals surface area contributed by atoms with Crippen LogP contribution in [0.1, 0.15) is 5.56 Å². The number of halogens is 2. The van der Waals surface area contributed by atoms with Gasteiger partial charge in [0.1, 0.15) is 17.2 Å². The minimum absolute atomic E-state index is 0.0511. The molecule has 0 atom stereocenters. The average Bonchev–Trinajstić information content (AvgIpc) is 2.35. The van der Waals surface area contributed by atoms with Crippen molar-refractivity contribution in [2.24, 2.45) is 0 Å². The van der Waals surface area contributed by atoms with E-state index in [2.05, 4.69) is 21.2 Å². The quantitative estimate of drug-likeness (QED) is 0.500. The molecule has 0 unspecified atom stereocenters. The van der Waals surface area contributed by atoms with Crippen LogP contribution in [0.2, 0.25) is 0 Å². The van der Waals surface area contributed by atoms with Crippen LogP contribution in [0.3, 0.4) is 0 Å². The van der Waals surface area contributed by atoms with Crippen LogP contribution >= 0.6 is 15.9 Å². The monoisotopic (exact) mass is 339 g/mol. The van der Waals surface area contributed by atoms with Gasteiger partial charge in [-0.1, -0.05) is 6.07 Å². The number of nitrogens with one attached hydrogen (secondary N) is 1. The highest BCUT2D eigenvalue weighted by Crippen LogP contribution is 2.34. The van der Waals surface area contributed by atoms with Gasteiger partial charge < -0.3 is 11.1 Å². The van der Waals surface area contributed by atoms with Crippen LogP contribution in [0.25, 0.3) is 0 Å². The Bertz CT molecular complexity index is 692. The van der Waals surface area contributed by atoms with Crippen LogP contribution in [0.15, 0.2) is 34.8 Å². The highest BCUT2D eigenvalue weighted by atomic mass is 79.9. The van der Waals surface area contributed by atoms with Gasteiger partial charge in [-0.3, -0.25) is 10.1 Å². The summed E-state index contributed by atoms with van der Waals surface area (Å²) in [6.45, 7) is 1.77. The number of nitrogens with zero attached hydrogens (tertiary/aromatic N) is 1. The van der Waals surface area contributed by atoms with Gasteiger partial charge in [0.25, 0.3) is 0 Å². The molecular weight excluding hydrogens is 329 g/mol. The van der Waals surface area contributed by atoms with Gasteiger partial charge in [0.2, 0.25) is 0 Å². The molecule has 0 fully saturated rings. The minimum atomic E-state index is -0.567. The van der Waals surface area contributed by atoms with Crippen molar-refractivity contribution < 1.29 is 9.31 Å². The van der Waals surface area contributed by atoms with E-state index in [0.717, 1.165) is 5.56 Å². The Morgan fingerprint density at radius 3 is 2.70 bits per heavy atom. The van der Waals surface area contributed by atoms with Crippen LogP contribution < -0.4 is 11.1 Å². The second-order valence-corrected chi connectivity index (χ2v) is 5.06. The third kappa shape index (κ3) is 2.72. The average molecular weight is 340 g/mol. The summed E-state index contributed by atoms with van der Waals surface area (Å²) in [7, 11) is 0. The number of nitrogens with two attached hydrogens (primary N) is 1. The number of rotatable bonds is 3. The van der Waals surface area contributed by atoms with E-state index < -0.39 is 10.7 Å². The Morgan fingerprint density at radius 2 is 2.05 bits per heavy atom. The van der Waals surface area contributed by atoms with E-state index in [0.29, 0.717) is 10.2 Å². The van der Waals surface area contributed by atoms with Gasteiger partial charge in [-0.15, -0.1) is 0 Å². The summed E-state index contributed by atoms with van der Waals surface area (Å²) < 4.78 is 13.9. The lowest BCUT2D eigenvalue weighted by Gasteiger charge is -2.11. The first kappa shape index (κ1) is 14.3. The maximum Gasteiger partial charge on any atom is 0.315 e. The number of para-hydroxylation sites is 1. The lowest BCUT2D eigenvalue weighted by molar-refractivity contribution is -0.383. The van der Waals surface area contributed by atoms with Crippen LogP contribution in [0.4, 0.5) is 27.1 Å². The van der Waals surface area contributed by atoms with Crippen molar-refractivity contribution in [1.82, 2.24) is 0 Å². The van der Waals surface area contributed by atoms with E-state index in [1.165, 1.54) is 18.2 Å². The smallest absolute Gasteiger partial charge is 0.315 e. The highest BCUT2D eigenvalue weighted by molar-refractivity contribution is 9.10. The zero-order valence-electron chi connectivity index (χ0n) is 10.5. The van der Waals surface area contributed by atoms with Crippen molar-refractivity contribution in [3.63, 3.8) is 0 Å². The summed E-state index contributed by atoms with van der Waals surface area (Å²) >= 11 is 3.08. The van der Waals surface area contributed by atoms with Gasteiger partial charge in [-0.25, -0.2) is 4.39 Å². The van der Waals surface area contributed by atoms with Gasteiger partial charge in [0.05, 0.1) is 9.40 Å². The molecule has 2 aromatic rings. The fraction of sp³-hybridized carbons (Fsp3) is 0.0769. The first-order valence-corrected chi connectivity index (χ1v) is 6.45. The molecule has 104 valence electrons. The molecule has 0 radical (unpaired) electrons.